The first-order valence-corrected chi connectivity index (χ1v) is 10.7. The number of carbonyl (C=O) groups is 1. The van der Waals surface area contributed by atoms with Crippen LogP contribution in [0, 0.1) is 11.7 Å². The lowest BCUT2D eigenvalue weighted by atomic mass is 9.80. The Morgan fingerprint density at radius 1 is 1.31 bits per heavy atom. The van der Waals surface area contributed by atoms with E-state index >= 15 is 0 Å². The van der Waals surface area contributed by atoms with Crippen LogP contribution in [-0.2, 0) is 14.3 Å². The summed E-state index contributed by atoms with van der Waals surface area (Å²) in [6.07, 6.45) is 0.345. The maximum atomic E-state index is 13.7. The molecule has 1 amide bonds. The molecule has 0 bridgehead atoms. The van der Waals surface area contributed by atoms with Gasteiger partial charge in [-0.15, -0.1) is 13.2 Å². The third kappa shape index (κ3) is 5.60. The Morgan fingerprint density at radius 3 is 2.75 bits per heavy atom. The molecule has 0 unspecified atom stereocenters. The summed E-state index contributed by atoms with van der Waals surface area (Å²) in [4.78, 5) is 16.7. The third-order valence-electron chi connectivity index (χ3n) is 5.85. The number of rotatable bonds is 6. The van der Waals surface area contributed by atoms with Crippen LogP contribution in [0.3, 0.4) is 0 Å². The number of nitrogens with zero attached hydrogens (tertiary/aromatic N) is 2. The van der Waals surface area contributed by atoms with Crippen LogP contribution in [0.4, 0.5) is 17.6 Å². The minimum Gasteiger partial charge on any atom is -0.366 e. The summed E-state index contributed by atoms with van der Waals surface area (Å²) in [5.74, 6) is -0.964. The maximum Gasteiger partial charge on any atom is 0.522 e. The van der Waals surface area contributed by atoms with E-state index in [0.717, 1.165) is 0 Å². The second kappa shape index (κ2) is 9.36. The van der Waals surface area contributed by atoms with E-state index in [1.807, 2.05) is 4.57 Å². The van der Waals surface area contributed by atoms with Gasteiger partial charge in [0.25, 0.3) is 0 Å². The molecule has 174 valence electrons. The average molecular weight is 476 g/mol. The second-order valence-corrected chi connectivity index (χ2v) is 8.60. The van der Waals surface area contributed by atoms with Gasteiger partial charge in [0.1, 0.15) is 11.9 Å². The van der Waals surface area contributed by atoms with Crippen molar-refractivity contribution in [1.82, 2.24) is 14.9 Å². The Balaban J connectivity index is 1.22. The summed E-state index contributed by atoms with van der Waals surface area (Å²) in [6.45, 7) is -0.0669. The molecule has 1 saturated heterocycles. The van der Waals surface area contributed by atoms with Crippen molar-refractivity contribution in [1.29, 1.82) is 0 Å². The van der Waals surface area contributed by atoms with Gasteiger partial charge in [-0.2, -0.15) is 0 Å². The molecule has 1 aromatic carbocycles. The van der Waals surface area contributed by atoms with Gasteiger partial charge in [0, 0.05) is 17.8 Å². The summed E-state index contributed by atoms with van der Waals surface area (Å²) < 4.78 is 61.3. The van der Waals surface area contributed by atoms with Gasteiger partial charge >= 0.3 is 6.36 Å². The van der Waals surface area contributed by atoms with E-state index in [0.29, 0.717) is 43.5 Å². The summed E-state index contributed by atoms with van der Waals surface area (Å²) in [7, 11) is 0. The van der Waals surface area contributed by atoms with Crippen molar-refractivity contribution in [2.45, 2.75) is 50.2 Å². The van der Waals surface area contributed by atoms with E-state index in [1.54, 1.807) is 18.6 Å². The van der Waals surface area contributed by atoms with E-state index < -0.39 is 18.3 Å². The van der Waals surface area contributed by atoms with Crippen LogP contribution in [0.5, 0.6) is 0 Å². The lowest BCUT2D eigenvalue weighted by Gasteiger charge is -2.37. The zero-order chi connectivity index (χ0) is 22.9. The lowest BCUT2D eigenvalue weighted by Crippen LogP contribution is -2.50. The van der Waals surface area contributed by atoms with Gasteiger partial charge in [0.15, 0.2) is 0 Å². The van der Waals surface area contributed by atoms with Gasteiger partial charge in [0.05, 0.1) is 36.3 Å². The van der Waals surface area contributed by atoms with E-state index in [-0.39, 0.29) is 35.5 Å². The predicted molar refractivity (Wildman–Crippen MR) is 107 cm³/mol. The Morgan fingerprint density at radius 2 is 2.09 bits per heavy atom. The van der Waals surface area contributed by atoms with Gasteiger partial charge in [-0.3, -0.25) is 9.53 Å². The van der Waals surface area contributed by atoms with Crippen LogP contribution in [-0.4, -0.2) is 47.2 Å². The zero-order valence-corrected chi connectivity index (χ0v) is 17.7. The van der Waals surface area contributed by atoms with Crippen molar-refractivity contribution in [2.75, 3.05) is 13.2 Å². The summed E-state index contributed by atoms with van der Waals surface area (Å²) in [5.41, 5.74) is 1.22. The molecule has 2 heterocycles. The van der Waals surface area contributed by atoms with Gasteiger partial charge in [-0.05, 0) is 43.7 Å². The number of ether oxygens (including phenoxy) is 2. The van der Waals surface area contributed by atoms with Crippen LogP contribution in [0.2, 0.25) is 5.02 Å². The topological polar surface area (TPSA) is 65.4 Å². The Labute approximate surface area is 186 Å². The third-order valence-corrected chi connectivity index (χ3v) is 6.15. The smallest absolute Gasteiger partial charge is 0.366 e. The van der Waals surface area contributed by atoms with E-state index in [9.17, 15) is 22.4 Å². The van der Waals surface area contributed by atoms with Gasteiger partial charge in [-0.25, -0.2) is 9.37 Å². The van der Waals surface area contributed by atoms with Gasteiger partial charge in [-0.1, -0.05) is 17.7 Å². The molecule has 0 radical (unpaired) electrons. The molecule has 2 aliphatic rings. The quantitative estimate of drug-likeness (QED) is 0.625. The molecule has 1 aromatic heterocycles. The Bertz CT molecular complexity index is 954. The molecule has 2 fully saturated rings. The number of nitrogens with one attached hydrogen (secondary N) is 1. The van der Waals surface area contributed by atoms with Crippen molar-refractivity contribution in [2.24, 2.45) is 5.92 Å². The monoisotopic (exact) mass is 475 g/mol. The first-order chi connectivity index (χ1) is 15.2. The van der Waals surface area contributed by atoms with Crippen LogP contribution >= 0.6 is 11.6 Å². The molecule has 0 spiro atoms. The second-order valence-electron chi connectivity index (χ2n) is 8.19. The van der Waals surface area contributed by atoms with Crippen molar-refractivity contribution in [3.63, 3.8) is 0 Å². The van der Waals surface area contributed by atoms with Gasteiger partial charge in [0.2, 0.25) is 5.91 Å². The number of benzene rings is 1. The molecule has 2 atom stereocenters. The van der Waals surface area contributed by atoms with Crippen LogP contribution in [0.25, 0.3) is 11.3 Å². The number of hydrogen-bond acceptors (Lipinski definition) is 4. The SMILES string of the molecule is O=C(NC1CC(COC(F)(F)F)C1)[C@@H]1CC[C@@H](n2cnc(-c3ccc(Cl)c(F)c3)c2)CO1. The molecule has 1 aliphatic heterocycles. The van der Waals surface area contributed by atoms with E-state index in [4.69, 9.17) is 16.3 Å². The van der Waals surface area contributed by atoms with Crippen LogP contribution < -0.4 is 5.32 Å². The van der Waals surface area contributed by atoms with Gasteiger partial charge < -0.3 is 14.6 Å². The molecule has 1 saturated carbocycles. The molecule has 4 rings (SSSR count). The maximum absolute atomic E-state index is 13.7. The fourth-order valence-corrected chi connectivity index (χ4v) is 4.13. The summed E-state index contributed by atoms with van der Waals surface area (Å²) in [6, 6.07) is 4.33. The van der Waals surface area contributed by atoms with E-state index in [2.05, 4.69) is 15.0 Å². The van der Waals surface area contributed by atoms with Crippen LogP contribution in [0.15, 0.2) is 30.7 Å². The Hall–Kier alpha value is -2.17. The molecule has 2 aromatic rings. The standard InChI is InChI=1S/C21H22ClF4N3O3/c22-16-3-1-13(7-17(16)23)18-8-29(11-27-18)15-2-4-19(31-10-15)20(30)28-14-5-12(6-14)9-32-21(24,25)26/h1,3,7-8,11-12,14-15,19H,2,4-6,9-10H2,(H,28,30)/t12?,14?,15-,19+/m1/s1. The zero-order valence-electron chi connectivity index (χ0n) is 16.9. The largest absolute Gasteiger partial charge is 0.522 e. The molecule has 1 aliphatic carbocycles. The Kier molecular flexibility index (Phi) is 6.73. The minimum atomic E-state index is -4.62. The molecular formula is C21H22ClF4N3O3. The molecule has 6 nitrogen and oxygen atoms in total. The fourth-order valence-electron chi connectivity index (χ4n) is 4.02. The molecular weight excluding hydrogens is 454 g/mol. The van der Waals surface area contributed by atoms with E-state index in [1.165, 1.54) is 12.1 Å². The number of halogens is 5. The highest BCUT2D eigenvalue weighted by Crippen LogP contribution is 2.31. The normalized spacial score (nSPS) is 25.9. The number of hydrogen-bond donors (Lipinski definition) is 1. The fraction of sp³-hybridized carbons (Fsp3) is 0.524. The van der Waals surface area contributed by atoms with Crippen LogP contribution in [0.1, 0.15) is 31.7 Å². The first kappa shape index (κ1) is 23.0. The highest BCUT2D eigenvalue weighted by Gasteiger charge is 2.37. The molecule has 1 N–H and O–H groups in total. The van der Waals surface area contributed by atoms with Crippen molar-refractivity contribution in [3.05, 3.63) is 41.6 Å². The number of alkyl halides is 3. The number of carbonyl (C=O) groups excluding carboxylic acids is 1. The molecule has 11 heteroatoms. The number of aromatic nitrogens is 2. The lowest BCUT2D eigenvalue weighted by molar-refractivity contribution is -0.330. The average Bonchev–Trinajstić information content (AvgIpc) is 3.21. The summed E-state index contributed by atoms with van der Waals surface area (Å²) >= 11 is 5.72. The van der Waals surface area contributed by atoms with Crippen molar-refractivity contribution >= 4 is 17.5 Å². The number of amides is 1. The van der Waals surface area contributed by atoms with Crippen molar-refractivity contribution < 1.29 is 31.8 Å². The molecule has 32 heavy (non-hydrogen) atoms. The highest BCUT2D eigenvalue weighted by molar-refractivity contribution is 6.30. The van der Waals surface area contributed by atoms with Crippen molar-refractivity contribution in [3.8, 4) is 11.3 Å². The predicted octanol–water partition coefficient (Wildman–Crippen LogP) is 4.49. The highest BCUT2D eigenvalue weighted by atomic mass is 35.5. The minimum absolute atomic E-state index is 0.00922. The number of imidazole rings is 1. The summed E-state index contributed by atoms with van der Waals surface area (Å²) in [5, 5.41) is 2.88. The first-order valence-electron chi connectivity index (χ1n) is 10.3.